The number of hydrogen-bond donors (Lipinski definition) is 0. The molecule has 1 aromatic rings. The van der Waals surface area contributed by atoms with Gasteiger partial charge in [0.2, 0.25) is 0 Å². The van der Waals surface area contributed by atoms with Crippen LogP contribution in [0.25, 0.3) is 0 Å². The van der Waals surface area contributed by atoms with E-state index in [1.54, 1.807) is 0 Å². The zero-order chi connectivity index (χ0) is 18.3. The van der Waals surface area contributed by atoms with Crippen LogP contribution in [-0.4, -0.2) is 30.6 Å². The third kappa shape index (κ3) is 3.40. The van der Waals surface area contributed by atoms with Crippen molar-refractivity contribution in [2.24, 2.45) is 5.92 Å². The van der Waals surface area contributed by atoms with E-state index in [2.05, 4.69) is 27.0 Å². The maximum atomic E-state index is 14.5. The molecule has 2 nitrogen and oxygen atoms in total. The van der Waals surface area contributed by atoms with Crippen molar-refractivity contribution in [1.82, 2.24) is 4.98 Å². The van der Waals surface area contributed by atoms with Crippen molar-refractivity contribution in [2.75, 3.05) is 13.2 Å². The predicted octanol–water partition coefficient (Wildman–Crippen LogP) is 4.82. The first-order valence-electron chi connectivity index (χ1n) is 6.86. The maximum absolute atomic E-state index is 14.5. The molecule has 0 saturated carbocycles. The molecule has 1 saturated heterocycles. The van der Waals surface area contributed by atoms with E-state index in [0.29, 0.717) is 13.0 Å². The van der Waals surface area contributed by atoms with Gasteiger partial charge in [0.25, 0.3) is 0 Å². The molecule has 0 N–H and O–H groups in total. The molecule has 10 heteroatoms. The molecule has 0 spiro atoms. The van der Waals surface area contributed by atoms with Gasteiger partial charge < -0.3 is 4.74 Å². The van der Waals surface area contributed by atoms with E-state index in [-0.39, 0.29) is 24.5 Å². The molecule has 135 valence electrons. The fourth-order valence-corrected chi connectivity index (χ4v) is 3.07. The topological polar surface area (TPSA) is 22.1 Å². The van der Waals surface area contributed by atoms with Crippen molar-refractivity contribution in [3.05, 3.63) is 27.5 Å². The summed E-state index contributed by atoms with van der Waals surface area (Å²) in [6.07, 6.45) is -12.1. The smallest absolute Gasteiger partial charge is 0.381 e. The molecule has 1 aliphatic heterocycles. The van der Waals surface area contributed by atoms with Crippen LogP contribution >= 0.6 is 15.9 Å². The molecule has 1 unspecified atom stereocenters. The Morgan fingerprint density at radius 3 is 2.21 bits per heavy atom. The van der Waals surface area contributed by atoms with Gasteiger partial charge in [0, 0.05) is 19.3 Å². The Labute approximate surface area is 141 Å². The number of pyridine rings is 1. The summed E-state index contributed by atoms with van der Waals surface area (Å²) in [7, 11) is 0. The van der Waals surface area contributed by atoms with Gasteiger partial charge in [0.15, 0.2) is 0 Å². The average Bonchev–Trinajstić information content (AvgIpc) is 2.91. The van der Waals surface area contributed by atoms with E-state index in [1.165, 1.54) is 6.92 Å². The Bertz CT molecular complexity index is 594. The quantitative estimate of drug-likeness (QED) is 0.514. The Morgan fingerprint density at radius 1 is 1.17 bits per heavy atom. The molecule has 1 atom stereocenters. The van der Waals surface area contributed by atoms with Crippen molar-refractivity contribution in [2.45, 2.75) is 37.8 Å². The summed E-state index contributed by atoms with van der Waals surface area (Å²) in [6, 6.07) is 2.49. The van der Waals surface area contributed by atoms with Crippen molar-refractivity contribution in [3.63, 3.8) is 0 Å². The van der Waals surface area contributed by atoms with E-state index in [0.717, 1.165) is 0 Å². The molecule has 2 heterocycles. The highest BCUT2D eigenvalue weighted by atomic mass is 79.9. The second-order valence-corrected chi connectivity index (χ2v) is 6.32. The molecular weight excluding hydrogens is 411 g/mol. The first-order chi connectivity index (χ1) is 10.9. The summed E-state index contributed by atoms with van der Waals surface area (Å²) in [5.41, 5.74) is -7.70. The monoisotopic (exact) mass is 422 g/mol. The number of nitrogens with zero attached hydrogens (tertiary/aromatic N) is 1. The number of ether oxygens (including phenoxy) is 1. The van der Waals surface area contributed by atoms with Gasteiger partial charge in [-0.25, -0.2) is 9.37 Å². The average molecular weight is 423 g/mol. The van der Waals surface area contributed by atoms with Crippen LogP contribution in [0, 0.1) is 18.9 Å². The summed E-state index contributed by atoms with van der Waals surface area (Å²) in [5.74, 6) is -0.301. The van der Waals surface area contributed by atoms with Crippen LogP contribution in [0.4, 0.5) is 30.7 Å². The van der Waals surface area contributed by atoms with E-state index in [1.807, 2.05) is 0 Å². The second kappa shape index (κ2) is 6.44. The Kier molecular flexibility index (Phi) is 5.21. The summed E-state index contributed by atoms with van der Waals surface area (Å²) in [6.45, 7) is 1.81. The highest BCUT2D eigenvalue weighted by Gasteiger charge is 2.75. The molecule has 0 bridgehead atoms. The summed E-state index contributed by atoms with van der Waals surface area (Å²) in [4.78, 5) is 3.19. The first-order valence-corrected chi connectivity index (χ1v) is 7.66. The van der Waals surface area contributed by atoms with Crippen LogP contribution in [0.1, 0.15) is 23.2 Å². The molecule has 1 radical (unpaired) electrons. The highest BCUT2D eigenvalue weighted by molar-refractivity contribution is 9.10. The molecule has 2 rings (SSSR count). The minimum atomic E-state index is -6.20. The maximum Gasteiger partial charge on any atom is 0.437 e. The minimum absolute atomic E-state index is 0.0192. The van der Waals surface area contributed by atoms with Crippen LogP contribution in [0.15, 0.2) is 4.60 Å². The highest BCUT2D eigenvalue weighted by Crippen LogP contribution is 2.54. The molecule has 0 amide bonds. The molecular formula is C14H12BrF7NO. The van der Waals surface area contributed by atoms with Gasteiger partial charge in [-0.2, -0.15) is 26.3 Å². The molecule has 1 aromatic heterocycles. The van der Waals surface area contributed by atoms with Gasteiger partial charge in [-0.1, -0.05) is 0 Å². The molecule has 0 aliphatic carbocycles. The van der Waals surface area contributed by atoms with Crippen LogP contribution in [-0.2, 0) is 16.8 Å². The van der Waals surface area contributed by atoms with Crippen LogP contribution in [0.3, 0.4) is 0 Å². The van der Waals surface area contributed by atoms with E-state index in [9.17, 15) is 30.7 Å². The summed E-state index contributed by atoms with van der Waals surface area (Å²) < 4.78 is 97.5. The van der Waals surface area contributed by atoms with Gasteiger partial charge >= 0.3 is 18.0 Å². The van der Waals surface area contributed by atoms with E-state index < -0.39 is 33.9 Å². The third-order valence-electron chi connectivity index (χ3n) is 3.86. The fraction of sp³-hybridized carbons (Fsp3) is 0.643. The van der Waals surface area contributed by atoms with Gasteiger partial charge in [0.05, 0.1) is 0 Å². The molecule has 1 fully saturated rings. The predicted molar refractivity (Wildman–Crippen MR) is 73.0 cm³/mol. The Balaban J connectivity index is 2.65. The van der Waals surface area contributed by atoms with Gasteiger partial charge in [-0.3, -0.25) is 0 Å². The number of aromatic nitrogens is 1. The lowest BCUT2D eigenvalue weighted by atomic mass is 9.87. The van der Waals surface area contributed by atoms with E-state index in [4.69, 9.17) is 4.74 Å². The minimum Gasteiger partial charge on any atom is -0.381 e. The third-order valence-corrected chi connectivity index (χ3v) is 4.24. The Hall–Kier alpha value is -0.900. The summed E-state index contributed by atoms with van der Waals surface area (Å²) >= 11 is 2.69. The lowest BCUT2D eigenvalue weighted by Crippen LogP contribution is -2.51. The summed E-state index contributed by atoms with van der Waals surface area (Å²) in [5, 5.41) is 0. The lowest BCUT2D eigenvalue weighted by Gasteiger charge is -2.31. The molecule has 24 heavy (non-hydrogen) atoms. The van der Waals surface area contributed by atoms with E-state index >= 15 is 0 Å². The van der Waals surface area contributed by atoms with Crippen molar-refractivity contribution < 1.29 is 35.5 Å². The lowest BCUT2D eigenvalue weighted by molar-refractivity contribution is -0.350. The number of hydrogen-bond acceptors (Lipinski definition) is 2. The second-order valence-electron chi connectivity index (χ2n) is 5.57. The van der Waals surface area contributed by atoms with Crippen molar-refractivity contribution in [3.8, 4) is 0 Å². The fourth-order valence-electron chi connectivity index (χ4n) is 2.60. The van der Waals surface area contributed by atoms with Gasteiger partial charge in [0.1, 0.15) is 10.3 Å². The van der Waals surface area contributed by atoms with Crippen molar-refractivity contribution in [1.29, 1.82) is 0 Å². The SMILES string of the molecule is Cc1[c]c(Br)nc(C(F)(C(F)(F)F)C(F)(F)F)c1CC1CCOC1. The van der Waals surface area contributed by atoms with Crippen LogP contribution in [0.5, 0.6) is 0 Å². The number of alkyl halides is 7. The Morgan fingerprint density at radius 2 is 1.75 bits per heavy atom. The van der Waals surface area contributed by atoms with Crippen LogP contribution < -0.4 is 0 Å². The standard InChI is InChI=1S/C14H12BrF7NO/c1-7-4-10(15)23-11(9(7)5-8-2-3-24-6-8)12(16,13(17,18)19)14(20,21)22/h8H,2-3,5-6H2,1H3. The molecule has 0 aromatic carbocycles. The molecule has 1 aliphatic rings. The number of rotatable bonds is 3. The number of aryl methyl sites for hydroxylation is 1. The zero-order valence-corrected chi connectivity index (χ0v) is 13.9. The first kappa shape index (κ1) is 19.4. The largest absolute Gasteiger partial charge is 0.437 e. The van der Waals surface area contributed by atoms with Crippen LogP contribution in [0.2, 0.25) is 0 Å². The van der Waals surface area contributed by atoms with Gasteiger partial charge in [-0.15, -0.1) is 0 Å². The number of halogens is 8. The van der Waals surface area contributed by atoms with Gasteiger partial charge in [-0.05, 0) is 52.7 Å². The zero-order valence-electron chi connectivity index (χ0n) is 12.3. The van der Waals surface area contributed by atoms with Crippen molar-refractivity contribution >= 4 is 15.9 Å². The normalized spacial score (nSPS) is 19.8.